The number of ether oxygens (including phenoxy) is 1. The molecule has 1 fully saturated rings. The zero-order valence-electron chi connectivity index (χ0n) is 17.0. The molecule has 8 heteroatoms. The SMILES string of the molecule is CCC(NC(=O)Cc1cn2ccsc2n1)c1ccccc1OCC(=O)N1CCCC1. The number of amides is 2. The fourth-order valence-electron chi connectivity index (χ4n) is 3.77. The molecule has 4 rings (SSSR count). The van der Waals surface area contributed by atoms with E-state index in [1.807, 2.05) is 58.3 Å². The number of para-hydroxylation sites is 1. The van der Waals surface area contributed by atoms with E-state index < -0.39 is 0 Å². The normalized spacial score (nSPS) is 14.8. The van der Waals surface area contributed by atoms with E-state index in [4.69, 9.17) is 4.74 Å². The number of carbonyl (C=O) groups excluding carboxylic acids is 2. The van der Waals surface area contributed by atoms with Gasteiger partial charge in [0.05, 0.1) is 18.2 Å². The molecule has 0 saturated carbocycles. The molecular formula is C22H26N4O3S. The average Bonchev–Trinajstić information content (AvgIpc) is 3.48. The molecule has 158 valence electrons. The van der Waals surface area contributed by atoms with Crippen LogP contribution in [0, 0.1) is 0 Å². The second kappa shape index (κ2) is 9.30. The summed E-state index contributed by atoms with van der Waals surface area (Å²) in [5.41, 5.74) is 1.63. The summed E-state index contributed by atoms with van der Waals surface area (Å²) >= 11 is 1.54. The highest BCUT2D eigenvalue weighted by atomic mass is 32.1. The lowest BCUT2D eigenvalue weighted by atomic mass is 10.0. The van der Waals surface area contributed by atoms with Gasteiger partial charge in [-0.2, -0.15) is 0 Å². The van der Waals surface area contributed by atoms with Crippen molar-refractivity contribution in [3.63, 3.8) is 0 Å². The molecule has 2 aromatic heterocycles. The van der Waals surface area contributed by atoms with Crippen molar-refractivity contribution >= 4 is 28.1 Å². The van der Waals surface area contributed by atoms with Crippen molar-refractivity contribution in [3.8, 4) is 5.75 Å². The second-order valence-electron chi connectivity index (χ2n) is 7.44. The van der Waals surface area contributed by atoms with Crippen LogP contribution in [0.4, 0.5) is 0 Å². The molecule has 1 saturated heterocycles. The lowest BCUT2D eigenvalue weighted by Crippen LogP contribution is -2.33. The van der Waals surface area contributed by atoms with Crippen molar-refractivity contribution in [2.75, 3.05) is 19.7 Å². The Hall–Kier alpha value is -2.87. The number of carbonyl (C=O) groups is 2. The van der Waals surface area contributed by atoms with Crippen molar-refractivity contribution in [2.45, 2.75) is 38.6 Å². The fourth-order valence-corrected chi connectivity index (χ4v) is 4.49. The number of rotatable bonds is 8. The van der Waals surface area contributed by atoms with Gasteiger partial charge in [0.25, 0.3) is 5.91 Å². The highest BCUT2D eigenvalue weighted by molar-refractivity contribution is 7.15. The van der Waals surface area contributed by atoms with E-state index in [1.54, 1.807) is 11.3 Å². The maximum atomic E-state index is 12.6. The van der Waals surface area contributed by atoms with Crippen LogP contribution in [0.3, 0.4) is 0 Å². The Bertz CT molecular complexity index is 994. The first-order chi connectivity index (χ1) is 14.6. The van der Waals surface area contributed by atoms with Crippen LogP contribution >= 0.6 is 11.3 Å². The van der Waals surface area contributed by atoms with Gasteiger partial charge in [-0.15, -0.1) is 11.3 Å². The molecule has 0 bridgehead atoms. The van der Waals surface area contributed by atoms with Crippen LogP contribution in [-0.2, 0) is 16.0 Å². The van der Waals surface area contributed by atoms with Crippen molar-refractivity contribution in [2.24, 2.45) is 0 Å². The lowest BCUT2D eigenvalue weighted by Gasteiger charge is -2.21. The number of likely N-dealkylation sites (tertiary alicyclic amines) is 1. The highest BCUT2D eigenvalue weighted by Crippen LogP contribution is 2.27. The number of benzene rings is 1. The third-order valence-electron chi connectivity index (χ3n) is 5.33. The van der Waals surface area contributed by atoms with Crippen LogP contribution in [0.5, 0.6) is 5.75 Å². The first kappa shape index (κ1) is 20.4. The van der Waals surface area contributed by atoms with Crippen molar-refractivity contribution in [1.29, 1.82) is 0 Å². The molecule has 0 radical (unpaired) electrons. The van der Waals surface area contributed by atoms with Gasteiger partial charge >= 0.3 is 0 Å². The Morgan fingerprint density at radius 2 is 2.07 bits per heavy atom. The number of hydrogen-bond acceptors (Lipinski definition) is 5. The molecule has 1 unspecified atom stereocenters. The van der Waals surface area contributed by atoms with Gasteiger partial charge in [0.15, 0.2) is 11.6 Å². The molecule has 3 aromatic rings. The second-order valence-corrected chi connectivity index (χ2v) is 8.32. The smallest absolute Gasteiger partial charge is 0.260 e. The summed E-state index contributed by atoms with van der Waals surface area (Å²) < 4.78 is 7.79. The zero-order valence-corrected chi connectivity index (χ0v) is 17.9. The van der Waals surface area contributed by atoms with E-state index in [0.29, 0.717) is 12.2 Å². The standard InChI is InChI=1S/C22H26N4O3S/c1-2-18(24-20(27)13-16-14-26-11-12-30-22(26)23-16)17-7-3-4-8-19(17)29-15-21(28)25-9-5-6-10-25/h3-4,7-8,11-12,14,18H,2,5-6,9-10,13,15H2,1H3,(H,24,27). The topological polar surface area (TPSA) is 75.9 Å². The number of nitrogens with zero attached hydrogens (tertiary/aromatic N) is 3. The maximum Gasteiger partial charge on any atom is 0.260 e. The summed E-state index contributed by atoms with van der Waals surface area (Å²) in [6.07, 6.45) is 6.86. The Labute approximate surface area is 179 Å². The van der Waals surface area contributed by atoms with Crippen molar-refractivity contribution in [1.82, 2.24) is 19.6 Å². The maximum absolute atomic E-state index is 12.6. The molecule has 0 aliphatic carbocycles. The predicted octanol–water partition coefficient (Wildman–Crippen LogP) is 3.21. The molecule has 1 aliphatic rings. The summed E-state index contributed by atoms with van der Waals surface area (Å²) in [5, 5.41) is 5.05. The average molecular weight is 427 g/mol. The van der Waals surface area contributed by atoms with Crippen molar-refractivity contribution < 1.29 is 14.3 Å². The number of thiazole rings is 1. The van der Waals surface area contributed by atoms with Crippen LogP contribution < -0.4 is 10.1 Å². The van der Waals surface area contributed by atoms with Crippen LogP contribution in [0.2, 0.25) is 0 Å². The van der Waals surface area contributed by atoms with Gasteiger partial charge in [0.2, 0.25) is 5.91 Å². The molecule has 1 aromatic carbocycles. The van der Waals surface area contributed by atoms with Crippen LogP contribution in [0.15, 0.2) is 42.0 Å². The molecule has 2 amide bonds. The third kappa shape index (κ3) is 4.64. The van der Waals surface area contributed by atoms with Crippen LogP contribution in [0.25, 0.3) is 4.96 Å². The molecule has 0 spiro atoms. The predicted molar refractivity (Wildman–Crippen MR) is 116 cm³/mol. The minimum atomic E-state index is -0.195. The molecular weight excluding hydrogens is 400 g/mol. The molecule has 1 N–H and O–H groups in total. The van der Waals surface area contributed by atoms with E-state index >= 15 is 0 Å². The minimum Gasteiger partial charge on any atom is -0.483 e. The Kier molecular flexibility index (Phi) is 6.32. The van der Waals surface area contributed by atoms with Gasteiger partial charge < -0.3 is 15.0 Å². The van der Waals surface area contributed by atoms with Crippen molar-refractivity contribution in [3.05, 3.63) is 53.3 Å². The summed E-state index contributed by atoms with van der Waals surface area (Å²) in [4.78, 5) is 32.2. The lowest BCUT2D eigenvalue weighted by molar-refractivity contribution is -0.132. The highest BCUT2D eigenvalue weighted by Gasteiger charge is 2.21. The Morgan fingerprint density at radius 3 is 2.83 bits per heavy atom. The number of aromatic nitrogens is 2. The summed E-state index contributed by atoms with van der Waals surface area (Å²) in [5.74, 6) is 0.564. The summed E-state index contributed by atoms with van der Waals surface area (Å²) in [6, 6.07) is 7.40. The Balaban J connectivity index is 1.39. The fraction of sp³-hybridized carbons (Fsp3) is 0.409. The van der Waals surface area contributed by atoms with Gasteiger partial charge in [0.1, 0.15) is 5.75 Å². The summed E-state index contributed by atoms with van der Waals surface area (Å²) in [6.45, 7) is 3.66. The number of hydrogen-bond donors (Lipinski definition) is 1. The minimum absolute atomic E-state index is 0.0131. The van der Waals surface area contributed by atoms with Gasteiger partial charge in [0, 0.05) is 36.4 Å². The third-order valence-corrected chi connectivity index (χ3v) is 6.10. The van der Waals surface area contributed by atoms with E-state index in [1.165, 1.54) is 0 Å². The van der Waals surface area contributed by atoms with E-state index in [0.717, 1.165) is 42.1 Å². The summed E-state index contributed by atoms with van der Waals surface area (Å²) in [7, 11) is 0. The van der Waals surface area contributed by atoms with E-state index in [2.05, 4.69) is 10.3 Å². The zero-order chi connectivity index (χ0) is 20.9. The quantitative estimate of drug-likeness (QED) is 0.600. The van der Waals surface area contributed by atoms with Gasteiger partial charge in [-0.3, -0.25) is 14.0 Å². The number of fused-ring (bicyclic) bond motifs is 1. The number of nitrogens with one attached hydrogen (secondary N) is 1. The van der Waals surface area contributed by atoms with Gasteiger partial charge in [-0.25, -0.2) is 4.98 Å². The van der Waals surface area contributed by atoms with Crippen LogP contribution in [0.1, 0.15) is 43.5 Å². The van der Waals surface area contributed by atoms with Gasteiger partial charge in [-0.05, 0) is 25.3 Å². The first-order valence-electron chi connectivity index (χ1n) is 10.3. The molecule has 1 aliphatic heterocycles. The molecule has 3 heterocycles. The largest absolute Gasteiger partial charge is 0.483 e. The van der Waals surface area contributed by atoms with E-state index in [-0.39, 0.29) is 30.9 Å². The molecule has 1 atom stereocenters. The van der Waals surface area contributed by atoms with Crippen LogP contribution in [-0.4, -0.2) is 45.8 Å². The Morgan fingerprint density at radius 1 is 1.27 bits per heavy atom. The molecule has 7 nitrogen and oxygen atoms in total. The number of imidazole rings is 1. The van der Waals surface area contributed by atoms with E-state index in [9.17, 15) is 9.59 Å². The molecule has 30 heavy (non-hydrogen) atoms. The first-order valence-corrected chi connectivity index (χ1v) is 11.2. The van der Waals surface area contributed by atoms with Gasteiger partial charge in [-0.1, -0.05) is 25.1 Å². The monoisotopic (exact) mass is 426 g/mol.